The van der Waals surface area contributed by atoms with Gasteiger partial charge in [-0.05, 0) is 52.9 Å². The molecule has 3 rings (SSSR count). The van der Waals surface area contributed by atoms with Crippen molar-refractivity contribution >= 4 is 33.8 Å². The van der Waals surface area contributed by atoms with Crippen molar-refractivity contribution in [1.82, 2.24) is 4.98 Å². The van der Waals surface area contributed by atoms with E-state index in [1.54, 1.807) is 37.6 Å². The Morgan fingerprint density at radius 3 is 2.34 bits per heavy atom. The lowest BCUT2D eigenvalue weighted by atomic mass is 9.83. The van der Waals surface area contributed by atoms with Crippen LogP contribution in [-0.2, 0) is 15.4 Å². The molecule has 0 aliphatic heterocycles. The van der Waals surface area contributed by atoms with Crippen LogP contribution in [0.2, 0.25) is 0 Å². The first-order valence-corrected chi connectivity index (χ1v) is 12.6. The summed E-state index contributed by atoms with van der Waals surface area (Å²) in [5, 5.41) is 9.69. The van der Waals surface area contributed by atoms with Crippen molar-refractivity contribution < 1.29 is 23.1 Å². The number of methoxy groups -OCH3 is 1. The number of pyridine rings is 1. The van der Waals surface area contributed by atoms with E-state index in [1.165, 1.54) is 18.2 Å². The lowest BCUT2D eigenvalue weighted by Crippen LogP contribution is -2.15. The molecule has 0 aliphatic carbocycles. The number of carboxylic acids is 1. The number of rotatable bonds is 7. The normalized spacial score (nSPS) is 12.0. The number of anilines is 1. The average molecular weight is 497 g/mol. The smallest absolute Gasteiger partial charge is 0.336 e. The summed E-state index contributed by atoms with van der Waals surface area (Å²) in [5.41, 5.74) is 2.66. The molecular weight excluding hydrogens is 468 g/mol. The molecule has 1 aromatic heterocycles. The Morgan fingerprint density at radius 2 is 1.77 bits per heavy atom. The Labute approximate surface area is 204 Å². The van der Waals surface area contributed by atoms with Gasteiger partial charge in [0, 0.05) is 28.6 Å². The van der Waals surface area contributed by atoms with E-state index in [0.717, 1.165) is 11.8 Å². The van der Waals surface area contributed by atoms with Gasteiger partial charge in [0.25, 0.3) is 5.56 Å². The van der Waals surface area contributed by atoms with Gasteiger partial charge in [0.05, 0.1) is 18.9 Å². The summed E-state index contributed by atoms with van der Waals surface area (Å²) in [6.07, 6.45) is 5.90. The summed E-state index contributed by atoms with van der Waals surface area (Å²) < 4.78 is 31.1. The second kappa shape index (κ2) is 9.79. The topological polar surface area (TPSA) is 126 Å². The maximum Gasteiger partial charge on any atom is 0.336 e. The molecule has 3 N–H and O–H groups in total. The summed E-state index contributed by atoms with van der Waals surface area (Å²) in [6, 6.07) is 11.5. The molecule has 0 saturated heterocycles. The molecule has 8 nitrogen and oxygen atoms in total. The zero-order valence-corrected chi connectivity index (χ0v) is 21.0. The van der Waals surface area contributed by atoms with Crippen LogP contribution in [0.1, 0.15) is 47.8 Å². The second-order valence-electron chi connectivity index (χ2n) is 9.12. The highest BCUT2D eigenvalue weighted by atomic mass is 32.2. The first kappa shape index (κ1) is 25.8. The number of aromatic amines is 1. The van der Waals surface area contributed by atoms with Crippen molar-refractivity contribution in [2.45, 2.75) is 26.2 Å². The van der Waals surface area contributed by atoms with Crippen LogP contribution >= 0.6 is 0 Å². The fraction of sp³-hybridized carbons (Fsp3) is 0.231. The second-order valence-corrected chi connectivity index (χ2v) is 10.9. The third-order valence-electron chi connectivity index (χ3n) is 5.29. The lowest BCUT2D eigenvalue weighted by molar-refractivity contribution is 0.0696. The third-order valence-corrected chi connectivity index (χ3v) is 5.89. The maximum absolute atomic E-state index is 12.5. The molecule has 0 radical (unpaired) electrons. The van der Waals surface area contributed by atoms with Crippen molar-refractivity contribution in [2.24, 2.45) is 0 Å². The van der Waals surface area contributed by atoms with E-state index in [0.29, 0.717) is 28.0 Å². The molecule has 0 fully saturated rings. The number of ether oxygens (including phenoxy) is 1. The zero-order chi connectivity index (χ0) is 26.0. The highest BCUT2D eigenvalue weighted by Gasteiger charge is 2.23. The summed E-state index contributed by atoms with van der Waals surface area (Å²) >= 11 is 0. The Morgan fingerprint density at radius 1 is 1.09 bits per heavy atom. The molecule has 0 unspecified atom stereocenters. The monoisotopic (exact) mass is 496 g/mol. The van der Waals surface area contributed by atoms with Crippen LogP contribution in [-0.4, -0.2) is 37.8 Å². The predicted octanol–water partition coefficient (Wildman–Crippen LogP) is 4.59. The van der Waals surface area contributed by atoms with E-state index in [-0.39, 0.29) is 22.2 Å². The fourth-order valence-corrected chi connectivity index (χ4v) is 4.26. The van der Waals surface area contributed by atoms with Crippen molar-refractivity contribution in [3.63, 3.8) is 0 Å². The Kier molecular flexibility index (Phi) is 7.21. The van der Waals surface area contributed by atoms with Gasteiger partial charge in [-0.3, -0.25) is 9.52 Å². The van der Waals surface area contributed by atoms with E-state index in [9.17, 15) is 23.1 Å². The van der Waals surface area contributed by atoms with Crippen LogP contribution in [0.25, 0.3) is 23.3 Å². The Bertz CT molecular complexity index is 1460. The van der Waals surface area contributed by atoms with Gasteiger partial charge < -0.3 is 14.8 Å². The van der Waals surface area contributed by atoms with Gasteiger partial charge >= 0.3 is 5.97 Å². The minimum atomic E-state index is -3.56. The number of aromatic nitrogens is 1. The summed E-state index contributed by atoms with van der Waals surface area (Å²) in [7, 11) is -2.00. The predicted molar refractivity (Wildman–Crippen MR) is 139 cm³/mol. The van der Waals surface area contributed by atoms with Crippen LogP contribution in [0.15, 0.2) is 53.5 Å². The number of benzene rings is 2. The molecule has 0 spiro atoms. The molecule has 0 aliphatic rings. The van der Waals surface area contributed by atoms with Gasteiger partial charge in [-0.1, -0.05) is 39.0 Å². The van der Waals surface area contributed by atoms with Crippen molar-refractivity contribution in [2.75, 3.05) is 18.1 Å². The first-order chi connectivity index (χ1) is 16.3. The van der Waals surface area contributed by atoms with Gasteiger partial charge in [0.2, 0.25) is 10.0 Å². The van der Waals surface area contributed by atoms with E-state index < -0.39 is 16.0 Å². The number of nitrogens with one attached hydrogen (secondary N) is 2. The van der Waals surface area contributed by atoms with Gasteiger partial charge in [0.15, 0.2) is 0 Å². The van der Waals surface area contributed by atoms with E-state index in [2.05, 4.69) is 9.71 Å². The van der Waals surface area contributed by atoms with Crippen LogP contribution in [0.4, 0.5) is 5.69 Å². The average Bonchev–Trinajstić information content (AvgIpc) is 2.76. The summed E-state index contributed by atoms with van der Waals surface area (Å²) in [4.78, 5) is 27.0. The lowest BCUT2D eigenvalue weighted by Gasteiger charge is -2.24. The SMILES string of the molecule is COc1c(/C=C/c2ccc(NS(C)(=O)=O)cc2C(=O)O)cc(-c2ccc[nH]c2=O)cc1C(C)(C)C. The minimum absolute atomic E-state index is 0.0689. The standard InChI is InChI=1S/C26H28N2O6S/c1-26(2,3)22-14-18(20-7-6-12-27-24(20)29)13-17(23(22)34-4)9-8-16-10-11-19(28-35(5,32)33)15-21(16)25(30)31/h6-15,28H,1-5H3,(H,27,29)(H,30,31)/b9-8+. The molecule has 2 aromatic carbocycles. The Balaban J connectivity index is 2.19. The first-order valence-electron chi connectivity index (χ1n) is 10.7. The van der Waals surface area contributed by atoms with Crippen LogP contribution < -0.4 is 15.0 Å². The molecule has 0 saturated carbocycles. The minimum Gasteiger partial charge on any atom is -0.496 e. The zero-order valence-electron chi connectivity index (χ0n) is 20.2. The molecule has 184 valence electrons. The number of carbonyl (C=O) groups is 1. The maximum atomic E-state index is 12.5. The van der Waals surface area contributed by atoms with Crippen LogP contribution in [0.5, 0.6) is 5.75 Å². The highest BCUT2D eigenvalue weighted by Crippen LogP contribution is 2.38. The molecule has 0 amide bonds. The summed E-state index contributed by atoms with van der Waals surface area (Å²) in [6.45, 7) is 6.11. The molecule has 9 heteroatoms. The van der Waals surface area contributed by atoms with Crippen molar-refractivity contribution in [1.29, 1.82) is 0 Å². The molecule has 1 heterocycles. The van der Waals surface area contributed by atoms with Gasteiger partial charge in [-0.15, -0.1) is 0 Å². The van der Waals surface area contributed by atoms with Crippen LogP contribution in [0, 0.1) is 0 Å². The van der Waals surface area contributed by atoms with Crippen molar-refractivity contribution in [3.05, 3.63) is 81.3 Å². The van der Waals surface area contributed by atoms with Gasteiger partial charge in [-0.25, -0.2) is 13.2 Å². The number of carboxylic acid groups (broad SMARTS) is 1. The van der Waals surface area contributed by atoms with Crippen molar-refractivity contribution in [3.8, 4) is 16.9 Å². The summed E-state index contributed by atoms with van der Waals surface area (Å²) in [5.74, 6) is -0.592. The van der Waals surface area contributed by atoms with Gasteiger partial charge in [0.1, 0.15) is 5.75 Å². The van der Waals surface area contributed by atoms with Crippen LogP contribution in [0.3, 0.4) is 0 Å². The van der Waals surface area contributed by atoms with E-state index in [1.807, 2.05) is 32.9 Å². The van der Waals surface area contributed by atoms with E-state index >= 15 is 0 Å². The molecule has 3 aromatic rings. The number of hydrogen-bond acceptors (Lipinski definition) is 5. The number of hydrogen-bond donors (Lipinski definition) is 3. The van der Waals surface area contributed by atoms with E-state index in [4.69, 9.17) is 4.74 Å². The highest BCUT2D eigenvalue weighted by molar-refractivity contribution is 7.92. The largest absolute Gasteiger partial charge is 0.496 e. The number of aromatic carboxylic acids is 1. The molecular formula is C26H28N2O6S. The molecule has 0 bridgehead atoms. The third kappa shape index (κ3) is 6.19. The Hall–Kier alpha value is -3.85. The number of H-pyrrole nitrogens is 1. The number of sulfonamides is 1. The molecule has 0 atom stereocenters. The molecule has 35 heavy (non-hydrogen) atoms. The fourth-order valence-electron chi connectivity index (χ4n) is 3.71. The van der Waals surface area contributed by atoms with Gasteiger partial charge in [-0.2, -0.15) is 0 Å². The quantitative estimate of drug-likeness (QED) is 0.411.